The highest BCUT2D eigenvalue weighted by Crippen LogP contribution is 2.47. The minimum atomic E-state index is -1.11. The van der Waals surface area contributed by atoms with Gasteiger partial charge in [-0.1, -0.05) is 81.4 Å². The molecule has 0 heterocycles. The predicted octanol–water partition coefficient (Wildman–Crippen LogP) is 6.60. The van der Waals surface area contributed by atoms with Gasteiger partial charge in [0.05, 0.1) is 11.3 Å². The average Bonchev–Trinajstić information content (AvgIpc) is 2.86. The fraction of sp³-hybridized carbons (Fsp3) is 0.300. The van der Waals surface area contributed by atoms with E-state index in [0.29, 0.717) is 5.69 Å². The molecule has 36 heavy (non-hydrogen) atoms. The normalized spacial score (nSPS) is 15.8. The number of hydrogen-bond donors (Lipinski definition) is 1. The molecule has 186 valence electrons. The van der Waals surface area contributed by atoms with E-state index in [-0.39, 0.29) is 28.7 Å². The van der Waals surface area contributed by atoms with Gasteiger partial charge in [-0.25, -0.2) is 4.79 Å². The summed E-state index contributed by atoms with van der Waals surface area (Å²) in [5, 5.41) is 13.7. The largest absolute Gasteiger partial charge is 0.478 e. The number of carboxylic acids is 1. The SMILES string of the molecule is CC1(C)CCC(C)(C)c2cc(N(C(=O)C=NOCc3ccccc3)c3ccccc3C(=O)O)ccc21. The van der Waals surface area contributed by atoms with Crippen LogP contribution >= 0.6 is 0 Å². The lowest BCUT2D eigenvalue weighted by Crippen LogP contribution is -2.35. The molecular formula is C30H32N2O4. The Kier molecular flexibility index (Phi) is 6.97. The number of fused-ring (bicyclic) bond motifs is 1. The second-order valence-electron chi connectivity index (χ2n) is 10.5. The van der Waals surface area contributed by atoms with Crippen LogP contribution in [0.25, 0.3) is 0 Å². The summed E-state index contributed by atoms with van der Waals surface area (Å²) in [4.78, 5) is 32.3. The number of rotatable bonds is 7. The van der Waals surface area contributed by atoms with Crippen molar-refractivity contribution in [3.05, 3.63) is 95.1 Å². The fourth-order valence-corrected chi connectivity index (χ4v) is 4.78. The molecule has 6 heteroatoms. The number of para-hydroxylation sites is 1. The van der Waals surface area contributed by atoms with Gasteiger partial charge in [-0.3, -0.25) is 9.69 Å². The van der Waals surface area contributed by atoms with E-state index >= 15 is 0 Å². The molecule has 0 saturated heterocycles. The smallest absolute Gasteiger partial charge is 0.337 e. The van der Waals surface area contributed by atoms with E-state index in [1.807, 2.05) is 42.5 Å². The van der Waals surface area contributed by atoms with Gasteiger partial charge in [0, 0.05) is 5.69 Å². The number of hydrogen-bond acceptors (Lipinski definition) is 4. The van der Waals surface area contributed by atoms with Crippen molar-refractivity contribution in [1.29, 1.82) is 0 Å². The number of amides is 1. The summed E-state index contributed by atoms with van der Waals surface area (Å²) in [5.41, 5.74) is 4.18. The first-order valence-electron chi connectivity index (χ1n) is 12.1. The lowest BCUT2D eigenvalue weighted by Gasteiger charge is -2.42. The molecule has 0 aromatic heterocycles. The molecule has 4 rings (SSSR count). The third kappa shape index (κ3) is 5.18. The minimum Gasteiger partial charge on any atom is -0.478 e. The van der Waals surface area contributed by atoms with Crippen molar-refractivity contribution in [1.82, 2.24) is 0 Å². The molecule has 1 amide bonds. The van der Waals surface area contributed by atoms with Gasteiger partial charge < -0.3 is 9.94 Å². The lowest BCUT2D eigenvalue weighted by molar-refractivity contribution is -0.111. The van der Waals surface area contributed by atoms with Crippen LogP contribution in [0.2, 0.25) is 0 Å². The van der Waals surface area contributed by atoms with E-state index in [0.717, 1.165) is 24.6 Å². The third-order valence-corrected chi connectivity index (χ3v) is 7.00. The number of benzene rings is 3. The number of carbonyl (C=O) groups excluding carboxylic acids is 1. The summed E-state index contributed by atoms with van der Waals surface area (Å²) >= 11 is 0. The van der Waals surface area contributed by atoms with E-state index in [1.54, 1.807) is 18.2 Å². The molecule has 0 radical (unpaired) electrons. The monoisotopic (exact) mass is 484 g/mol. The van der Waals surface area contributed by atoms with Crippen LogP contribution in [-0.4, -0.2) is 23.2 Å². The Hall–Kier alpha value is -3.93. The summed E-state index contributed by atoms with van der Waals surface area (Å²) in [5.74, 6) is -1.61. The number of carboxylic acid groups (broad SMARTS) is 1. The maximum absolute atomic E-state index is 13.5. The van der Waals surface area contributed by atoms with Gasteiger partial charge in [0.25, 0.3) is 5.91 Å². The van der Waals surface area contributed by atoms with Crippen LogP contribution in [0.15, 0.2) is 78.0 Å². The van der Waals surface area contributed by atoms with E-state index in [2.05, 4.69) is 38.9 Å². The Balaban J connectivity index is 1.74. The Morgan fingerprint density at radius 2 is 1.56 bits per heavy atom. The van der Waals surface area contributed by atoms with Crippen LogP contribution in [0.3, 0.4) is 0 Å². The van der Waals surface area contributed by atoms with Gasteiger partial charge in [-0.05, 0) is 64.6 Å². The summed E-state index contributed by atoms with van der Waals surface area (Å²) in [6.07, 6.45) is 3.18. The molecule has 1 aliphatic rings. The summed E-state index contributed by atoms with van der Waals surface area (Å²) in [7, 11) is 0. The molecule has 0 saturated carbocycles. The van der Waals surface area contributed by atoms with E-state index in [4.69, 9.17) is 4.84 Å². The average molecular weight is 485 g/mol. The van der Waals surface area contributed by atoms with E-state index < -0.39 is 11.9 Å². The highest BCUT2D eigenvalue weighted by Gasteiger charge is 2.37. The molecule has 3 aromatic carbocycles. The molecule has 0 unspecified atom stereocenters. The van der Waals surface area contributed by atoms with Crippen LogP contribution < -0.4 is 4.90 Å². The lowest BCUT2D eigenvalue weighted by atomic mass is 9.63. The zero-order chi connectivity index (χ0) is 25.9. The molecule has 0 bridgehead atoms. The molecule has 3 aromatic rings. The number of nitrogens with zero attached hydrogens (tertiary/aromatic N) is 2. The topological polar surface area (TPSA) is 79.2 Å². The van der Waals surface area contributed by atoms with Crippen molar-refractivity contribution in [2.24, 2.45) is 5.16 Å². The predicted molar refractivity (Wildman–Crippen MR) is 142 cm³/mol. The first-order valence-corrected chi connectivity index (χ1v) is 12.1. The van der Waals surface area contributed by atoms with Gasteiger partial charge >= 0.3 is 5.97 Å². The number of anilines is 2. The van der Waals surface area contributed by atoms with Gasteiger partial charge in [0.15, 0.2) is 0 Å². The maximum Gasteiger partial charge on any atom is 0.337 e. The van der Waals surface area contributed by atoms with Gasteiger partial charge in [-0.15, -0.1) is 0 Å². The maximum atomic E-state index is 13.5. The molecule has 0 fully saturated rings. The Bertz CT molecular complexity index is 1300. The molecule has 1 aliphatic carbocycles. The highest BCUT2D eigenvalue weighted by atomic mass is 16.6. The van der Waals surface area contributed by atoms with Crippen molar-refractivity contribution < 1.29 is 19.5 Å². The summed E-state index contributed by atoms with van der Waals surface area (Å²) in [6.45, 7) is 9.11. The highest BCUT2D eigenvalue weighted by molar-refractivity contribution is 6.35. The molecule has 0 spiro atoms. The number of aromatic carboxylic acids is 1. The van der Waals surface area contributed by atoms with Crippen molar-refractivity contribution in [3.63, 3.8) is 0 Å². The first-order chi connectivity index (χ1) is 17.1. The Morgan fingerprint density at radius 1 is 0.917 bits per heavy atom. The molecule has 6 nitrogen and oxygen atoms in total. The van der Waals surface area contributed by atoms with Crippen LogP contribution in [0, 0.1) is 0 Å². The van der Waals surface area contributed by atoms with Crippen molar-refractivity contribution in [2.75, 3.05) is 4.90 Å². The van der Waals surface area contributed by atoms with E-state index in [1.165, 1.54) is 22.1 Å². The molecule has 1 N–H and O–H groups in total. The molecular weight excluding hydrogens is 452 g/mol. The number of oxime groups is 1. The first kappa shape index (κ1) is 25.2. The van der Waals surface area contributed by atoms with Gasteiger partial charge in [-0.2, -0.15) is 0 Å². The minimum absolute atomic E-state index is 0.0178. The molecule has 0 atom stereocenters. The fourth-order valence-electron chi connectivity index (χ4n) is 4.78. The van der Waals surface area contributed by atoms with Crippen LogP contribution in [-0.2, 0) is 27.1 Å². The second kappa shape index (κ2) is 9.97. The van der Waals surface area contributed by atoms with Crippen molar-refractivity contribution in [2.45, 2.75) is 58.0 Å². The standard InChI is InChI=1S/C30H32N2O4/c1-29(2)16-17-30(3,4)25-18-22(14-15-24(25)29)32(26-13-9-8-12-23(26)28(34)35)27(33)19-31-36-20-21-10-6-5-7-11-21/h5-15,18-19H,16-17,20H2,1-4H3,(H,34,35). The van der Waals surface area contributed by atoms with Gasteiger partial charge in [0.1, 0.15) is 12.8 Å². The zero-order valence-electron chi connectivity index (χ0n) is 21.2. The molecule has 0 aliphatic heterocycles. The quantitative estimate of drug-likeness (QED) is 0.303. The van der Waals surface area contributed by atoms with Crippen molar-refractivity contribution in [3.8, 4) is 0 Å². The van der Waals surface area contributed by atoms with Crippen LogP contribution in [0.1, 0.15) is 67.6 Å². The number of carbonyl (C=O) groups is 2. The Morgan fingerprint density at radius 3 is 2.25 bits per heavy atom. The third-order valence-electron chi connectivity index (χ3n) is 7.00. The van der Waals surface area contributed by atoms with E-state index in [9.17, 15) is 14.7 Å². The van der Waals surface area contributed by atoms with Crippen LogP contribution in [0.4, 0.5) is 11.4 Å². The zero-order valence-corrected chi connectivity index (χ0v) is 21.2. The Labute approximate surface area is 212 Å². The second-order valence-corrected chi connectivity index (χ2v) is 10.5. The van der Waals surface area contributed by atoms with Gasteiger partial charge in [0.2, 0.25) is 0 Å². The van der Waals surface area contributed by atoms with Crippen molar-refractivity contribution >= 4 is 29.5 Å². The summed E-state index contributed by atoms with van der Waals surface area (Å²) in [6, 6.07) is 22.0. The van der Waals surface area contributed by atoms with Crippen LogP contribution in [0.5, 0.6) is 0 Å². The summed E-state index contributed by atoms with van der Waals surface area (Å²) < 4.78 is 0.